The second-order valence-corrected chi connectivity index (χ2v) is 8.65. The van der Waals surface area contributed by atoms with Crippen molar-refractivity contribution in [3.8, 4) is 0 Å². The van der Waals surface area contributed by atoms with Crippen LogP contribution in [-0.4, -0.2) is 11.9 Å². The van der Waals surface area contributed by atoms with E-state index in [9.17, 15) is 4.79 Å². The minimum Gasteiger partial charge on any atom is -0.349 e. The Morgan fingerprint density at radius 3 is 2.72 bits per heavy atom. The monoisotopic (exact) mass is 329 g/mol. The van der Waals surface area contributed by atoms with E-state index in [1.165, 1.54) is 17.8 Å². The van der Waals surface area contributed by atoms with Gasteiger partial charge in [0.25, 0.3) is 5.91 Å². The van der Waals surface area contributed by atoms with Gasteiger partial charge < -0.3 is 5.32 Å². The fraction of sp³-hybridized carbons (Fsp3) is 0.643. The van der Waals surface area contributed by atoms with Crippen molar-refractivity contribution < 1.29 is 4.79 Å². The first-order valence-corrected chi connectivity index (χ1v) is 8.03. The summed E-state index contributed by atoms with van der Waals surface area (Å²) in [5, 5.41) is 3.19. The molecule has 0 radical (unpaired) electrons. The van der Waals surface area contributed by atoms with Crippen LogP contribution in [0, 0.1) is 11.3 Å². The Bertz CT molecular complexity index is 441. The van der Waals surface area contributed by atoms with Gasteiger partial charge in [-0.3, -0.25) is 4.79 Å². The number of halogens is 1. The standard InChI is InChI=1S/C14H20BrNOS/c1-9-6-10(8-14(2,3)7-9)16-13(17)11-4-5-12(15)18-11/h4-5,9-10H,6-8H2,1-3H3,(H,16,17)/t9-,10+/m0/s1. The van der Waals surface area contributed by atoms with Crippen LogP contribution < -0.4 is 5.32 Å². The average molecular weight is 330 g/mol. The van der Waals surface area contributed by atoms with Gasteiger partial charge in [-0.15, -0.1) is 11.3 Å². The van der Waals surface area contributed by atoms with Gasteiger partial charge in [0.1, 0.15) is 0 Å². The third-order valence-corrected chi connectivity index (χ3v) is 5.14. The van der Waals surface area contributed by atoms with Crippen LogP contribution in [0.3, 0.4) is 0 Å². The quantitative estimate of drug-likeness (QED) is 0.852. The Balaban J connectivity index is 1.99. The third-order valence-electron chi connectivity index (χ3n) is 3.52. The van der Waals surface area contributed by atoms with Crippen molar-refractivity contribution in [3.63, 3.8) is 0 Å². The SMILES string of the molecule is C[C@H]1C[C@@H](NC(=O)c2ccc(Br)s2)CC(C)(C)C1. The molecule has 0 saturated heterocycles. The number of nitrogens with one attached hydrogen (secondary N) is 1. The van der Waals surface area contributed by atoms with Crippen LogP contribution in [0.4, 0.5) is 0 Å². The summed E-state index contributed by atoms with van der Waals surface area (Å²) in [6.07, 6.45) is 3.43. The van der Waals surface area contributed by atoms with E-state index in [1.807, 2.05) is 12.1 Å². The van der Waals surface area contributed by atoms with Gasteiger partial charge >= 0.3 is 0 Å². The lowest BCUT2D eigenvalue weighted by Gasteiger charge is -2.39. The zero-order chi connectivity index (χ0) is 13.3. The van der Waals surface area contributed by atoms with Crippen LogP contribution in [0.25, 0.3) is 0 Å². The van der Waals surface area contributed by atoms with E-state index < -0.39 is 0 Å². The molecule has 100 valence electrons. The van der Waals surface area contributed by atoms with Crippen LogP contribution in [0.2, 0.25) is 0 Å². The van der Waals surface area contributed by atoms with Crippen molar-refractivity contribution in [3.05, 3.63) is 20.8 Å². The number of hydrogen-bond donors (Lipinski definition) is 1. The fourth-order valence-corrected chi connectivity index (χ4v) is 4.44. The van der Waals surface area contributed by atoms with E-state index in [4.69, 9.17) is 0 Å². The number of carbonyl (C=O) groups is 1. The van der Waals surface area contributed by atoms with E-state index in [1.54, 1.807) is 0 Å². The molecule has 0 spiro atoms. The summed E-state index contributed by atoms with van der Waals surface area (Å²) in [4.78, 5) is 12.9. The minimum atomic E-state index is 0.0700. The molecule has 1 aromatic heterocycles. The Kier molecular flexibility index (Phi) is 4.17. The maximum atomic E-state index is 12.1. The molecular weight excluding hydrogens is 310 g/mol. The fourth-order valence-electron chi connectivity index (χ4n) is 3.15. The predicted octanol–water partition coefficient (Wildman–Crippen LogP) is 4.46. The zero-order valence-electron chi connectivity index (χ0n) is 11.1. The Labute approximate surface area is 121 Å². The van der Waals surface area contributed by atoms with Crippen molar-refractivity contribution in [2.75, 3.05) is 0 Å². The van der Waals surface area contributed by atoms with E-state index in [0.29, 0.717) is 17.4 Å². The highest BCUT2D eigenvalue weighted by atomic mass is 79.9. The van der Waals surface area contributed by atoms with Crippen LogP contribution in [-0.2, 0) is 0 Å². The smallest absolute Gasteiger partial charge is 0.261 e. The summed E-state index contributed by atoms with van der Waals surface area (Å²) in [7, 11) is 0. The Morgan fingerprint density at radius 2 is 2.17 bits per heavy atom. The highest BCUT2D eigenvalue weighted by Gasteiger charge is 2.32. The van der Waals surface area contributed by atoms with Crippen molar-refractivity contribution >= 4 is 33.2 Å². The molecule has 2 rings (SSSR count). The predicted molar refractivity (Wildman–Crippen MR) is 80.1 cm³/mol. The lowest BCUT2D eigenvalue weighted by molar-refractivity contribution is 0.0878. The van der Waals surface area contributed by atoms with Crippen molar-refractivity contribution in [1.82, 2.24) is 5.32 Å². The summed E-state index contributed by atoms with van der Waals surface area (Å²) < 4.78 is 1.00. The second kappa shape index (κ2) is 5.33. The molecule has 0 unspecified atom stereocenters. The molecule has 2 atom stereocenters. The van der Waals surface area contributed by atoms with E-state index in [2.05, 4.69) is 42.0 Å². The van der Waals surface area contributed by atoms with Gasteiger partial charge in [-0.25, -0.2) is 0 Å². The van der Waals surface area contributed by atoms with Gasteiger partial charge in [-0.2, -0.15) is 0 Å². The first-order chi connectivity index (χ1) is 8.35. The van der Waals surface area contributed by atoms with Gasteiger partial charge in [0.15, 0.2) is 0 Å². The molecule has 1 aromatic rings. The molecule has 2 nitrogen and oxygen atoms in total. The summed E-state index contributed by atoms with van der Waals surface area (Å²) in [5.74, 6) is 0.759. The number of amides is 1. The molecule has 1 fully saturated rings. The maximum absolute atomic E-state index is 12.1. The average Bonchev–Trinajstić information content (AvgIpc) is 2.61. The van der Waals surface area contributed by atoms with Crippen LogP contribution in [0.15, 0.2) is 15.9 Å². The summed E-state index contributed by atoms with van der Waals surface area (Å²) in [6.45, 7) is 6.87. The van der Waals surface area contributed by atoms with Crippen LogP contribution in [0.5, 0.6) is 0 Å². The van der Waals surface area contributed by atoms with E-state index in [-0.39, 0.29) is 5.91 Å². The lowest BCUT2D eigenvalue weighted by atomic mass is 9.70. The third kappa shape index (κ3) is 3.58. The maximum Gasteiger partial charge on any atom is 0.261 e. The number of carbonyl (C=O) groups excluding carboxylic acids is 1. The molecule has 0 bridgehead atoms. The molecular formula is C14H20BrNOS. The van der Waals surface area contributed by atoms with Crippen LogP contribution >= 0.6 is 27.3 Å². The molecule has 1 aliphatic rings. The topological polar surface area (TPSA) is 29.1 Å². The van der Waals surface area contributed by atoms with Crippen molar-refractivity contribution in [2.24, 2.45) is 11.3 Å². The first-order valence-electron chi connectivity index (χ1n) is 6.42. The summed E-state index contributed by atoms with van der Waals surface area (Å²) >= 11 is 4.88. The number of hydrogen-bond acceptors (Lipinski definition) is 2. The summed E-state index contributed by atoms with van der Waals surface area (Å²) in [6, 6.07) is 4.12. The van der Waals surface area contributed by atoms with Crippen molar-refractivity contribution in [2.45, 2.75) is 46.1 Å². The molecule has 1 amide bonds. The molecule has 4 heteroatoms. The van der Waals surface area contributed by atoms with E-state index in [0.717, 1.165) is 21.5 Å². The van der Waals surface area contributed by atoms with Crippen LogP contribution in [0.1, 0.15) is 49.7 Å². The first kappa shape index (κ1) is 14.1. The van der Waals surface area contributed by atoms with Crippen molar-refractivity contribution in [1.29, 1.82) is 0 Å². The van der Waals surface area contributed by atoms with Gasteiger partial charge in [0.05, 0.1) is 8.66 Å². The normalized spacial score (nSPS) is 26.9. The minimum absolute atomic E-state index is 0.0700. The second-order valence-electron chi connectivity index (χ2n) is 6.19. The Hall–Kier alpha value is -0.350. The Morgan fingerprint density at radius 1 is 1.44 bits per heavy atom. The molecule has 0 aromatic carbocycles. The molecule has 18 heavy (non-hydrogen) atoms. The zero-order valence-corrected chi connectivity index (χ0v) is 13.5. The van der Waals surface area contributed by atoms with Gasteiger partial charge in [0.2, 0.25) is 0 Å². The highest BCUT2D eigenvalue weighted by molar-refractivity contribution is 9.11. The van der Waals surface area contributed by atoms with Gasteiger partial charge in [-0.05, 0) is 58.7 Å². The highest BCUT2D eigenvalue weighted by Crippen LogP contribution is 2.38. The van der Waals surface area contributed by atoms with Gasteiger partial charge in [-0.1, -0.05) is 20.8 Å². The number of thiophene rings is 1. The molecule has 0 aliphatic heterocycles. The summed E-state index contributed by atoms with van der Waals surface area (Å²) in [5.41, 5.74) is 0.339. The molecule has 1 heterocycles. The molecule has 1 saturated carbocycles. The molecule has 1 N–H and O–H groups in total. The number of rotatable bonds is 2. The lowest BCUT2D eigenvalue weighted by Crippen LogP contribution is -2.42. The largest absolute Gasteiger partial charge is 0.349 e. The van der Waals surface area contributed by atoms with Gasteiger partial charge in [0, 0.05) is 6.04 Å². The molecule has 1 aliphatic carbocycles. The van der Waals surface area contributed by atoms with E-state index >= 15 is 0 Å².